The summed E-state index contributed by atoms with van der Waals surface area (Å²) in [6.07, 6.45) is 2.46. The Hall–Kier alpha value is -0.870. The average molecular weight is 284 g/mol. The molecule has 1 aliphatic rings. The molecule has 0 aliphatic heterocycles. The molecule has 2 N–H and O–H groups in total. The molecule has 16 heavy (non-hydrogen) atoms. The van der Waals surface area contributed by atoms with Crippen LogP contribution in [-0.4, -0.2) is 16.6 Å². The number of carbonyl (C=O) groups is 1. The van der Waals surface area contributed by atoms with Crippen LogP contribution in [0.1, 0.15) is 24.8 Å². The number of hydrogen-bond acceptors (Lipinski definition) is 2. The maximum Gasteiger partial charge on any atom is 0.323 e. The molecule has 3 nitrogen and oxygen atoms in total. The van der Waals surface area contributed by atoms with E-state index in [4.69, 9.17) is 5.11 Å². The zero-order valence-corrected chi connectivity index (χ0v) is 10.5. The second kappa shape index (κ2) is 4.55. The predicted molar refractivity (Wildman–Crippen MR) is 65.2 cm³/mol. The molecule has 0 amide bonds. The zero-order valence-electron chi connectivity index (χ0n) is 8.87. The number of carboxylic acids is 1. The Labute approximate surface area is 103 Å². The molecule has 86 valence electrons. The van der Waals surface area contributed by atoms with Crippen LogP contribution in [0.4, 0.5) is 0 Å². The van der Waals surface area contributed by atoms with Crippen molar-refractivity contribution in [3.8, 4) is 0 Å². The van der Waals surface area contributed by atoms with Crippen molar-refractivity contribution in [2.75, 3.05) is 0 Å². The number of rotatable bonds is 4. The minimum Gasteiger partial charge on any atom is -0.480 e. The summed E-state index contributed by atoms with van der Waals surface area (Å²) in [5.74, 6) is -0.728. The summed E-state index contributed by atoms with van der Waals surface area (Å²) in [5, 5.41) is 12.3. The van der Waals surface area contributed by atoms with Crippen molar-refractivity contribution < 1.29 is 9.90 Å². The van der Waals surface area contributed by atoms with Crippen molar-refractivity contribution in [2.45, 2.75) is 31.3 Å². The van der Waals surface area contributed by atoms with Crippen molar-refractivity contribution in [3.63, 3.8) is 0 Å². The third-order valence-electron chi connectivity index (χ3n) is 3.14. The summed E-state index contributed by atoms with van der Waals surface area (Å²) in [4.78, 5) is 11.1. The molecule has 0 unspecified atom stereocenters. The van der Waals surface area contributed by atoms with Gasteiger partial charge in [-0.3, -0.25) is 10.1 Å². The molecular formula is C12H14BrNO2. The molecule has 4 heteroatoms. The van der Waals surface area contributed by atoms with Crippen molar-refractivity contribution in [2.24, 2.45) is 0 Å². The highest BCUT2D eigenvalue weighted by Gasteiger charge is 2.43. The molecule has 1 aliphatic carbocycles. The molecule has 1 aromatic carbocycles. The van der Waals surface area contributed by atoms with E-state index in [0.29, 0.717) is 6.54 Å². The third-order valence-corrected chi connectivity index (χ3v) is 3.63. The van der Waals surface area contributed by atoms with Crippen LogP contribution < -0.4 is 5.32 Å². The van der Waals surface area contributed by atoms with Gasteiger partial charge in [0.1, 0.15) is 5.54 Å². The van der Waals surface area contributed by atoms with Gasteiger partial charge in [-0.05, 0) is 37.0 Å². The fraction of sp³-hybridized carbons (Fsp3) is 0.417. The van der Waals surface area contributed by atoms with Gasteiger partial charge in [0, 0.05) is 11.0 Å². The van der Waals surface area contributed by atoms with Crippen LogP contribution in [0.3, 0.4) is 0 Å². The normalized spacial score (nSPS) is 17.8. The first-order valence-electron chi connectivity index (χ1n) is 5.35. The van der Waals surface area contributed by atoms with Gasteiger partial charge in [-0.1, -0.05) is 28.1 Å². The quantitative estimate of drug-likeness (QED) is 0.893. The molecule has 2 rings (SSSR count). The largest absolute Gasteiger partial charge is 0.480 e. The fourth-order valence-electron chi connectivity index (χ4n) is 1.91. The van der Waals surface area contributed by atoms with Gasteiger partial charge in [-0.25, -0.2) is 0 Å². The van der Waals surface area contributed by atoms with E-state index in [1.165, 1.54) is 0 Å². The number of carboxylic acid groups (broad SMARTS) is 1. The average Bonchev–Trinajstić information content (AvgIpc) is 2.15. The predicted octanol–water partition coefficient (Wildman–Crippen LogP) is 2.55. The van der Waals surface area contributed by atoms with Gasteiger partial charge in [-0.2, -0.15) is 0 Å². The summed E-state index contributed by atoms with van der Waals surface area (Å²) in [7, 11) is 0. The monoisotopic (exact) mass is 283 g/mol. The van der Waals surface area contributed by atoms with Gasteiger partial charge < -0.3 is 5.11 Å². The van der Waals surface area contributed by atoms with E-state index in [1.54, 1.807) is 0 Å². The van der Waals surface area contributed by atoms with Crippen LogP contribution in [0.5, 0.6) is 0 Å². The molecule has 0 atom stereocenters. The number of aliphatic carboxylic acids is 1. The Morgan fingerprint density at radius 2 is 2.25 bits per heavy atom. The van der Waals surface area contributed by atoms with Crippen LogP contribution >= 0.6 is 15.9 Å². The molecular weight excluding hydrogens is 270 g/mol. The summed E-state index contributed by atoms with van der Waals surface area (Å²) in [6, 6.07) is 7.91. The molecule has 0 bridgehead atoms. The molecule has 1 fully saturated rings. The SMILES string of the molecule is O=C(O)C1(NCc2cccc(Br)c2)CCC1. The lowest BCUT2D eigenvalue weighted by atomic mass is 9.76. The van der Waals surface area contributed by atoms with Gasteiger partial charge in [-0.15, -0.1) is 0 Å². The lowest BCUT2D eigenvalue weighted by Gasteiger charge is -2.38. The first kappa shape index (κ1) is 11.6. The molecule has 1 aromatic rings. The second-order valence-corrected chi connectivity index (χ2v) is 5.14. The topological polar surface area (TPSA) is 49.3 Å². The van der Waals surface area contributed by atoms with Gasteiger partial charge in [0.25, 0.3) is 0 Å². The lowest BCUT2D eigenvalue weighted by molar-refractivity contribution is -0.148. The van der Waals surface area contributed by atoms with Crippen molar-refractivity contribution in [1.82, 2.24) is 5.32 Å². The Morgan fingerprint density at radius 1 is 1.50 bits per heavy atom. The molecule has 0 spiro atoms. The maximum absolute atomic E-state index is 11.1. The molecule has 0 aromatic heterocycles. The van der Waals surface area contributed by atoms with E-state index in [1.807, 2.05) is 24.3 Å². The number of hydrogen-bond donors (Lipinski definition) is 2. The molecule has 0 radical (unpaired) electrons. The lowest BCUT2D eigenvalue weighted by Crippen LogP contribution is -2.56. The van der Waals surface area contributed by atoms with E-state index in [-0.39, 0.29) is 0 Å². The number of nitrogens with one attached hydrogen (secondary N) is 1. The Balaban J connectivity index is 1.99. The van der Waals surface area contributed by atoms with E-state index in [0.717, 1.165) is 29.3 Å². The second-order valence-electron chi connectivity index (χ2n) is 4.22. The van der Waals surface area contributed by atoms with Gasteiger partial charge >= 0.3 is 5.97 Å². The summed E-state index contributed by atoms with van der Waals surface area (Å²) < 4.78 is 1.02. The van der Waals surface area contributed by atoms with Gasteiger partial charge in [0.15, 0.2) is 0 Å². The zero-order chi connectivity index (χ0) is 11.6. The van der Waals surface area contributed by atoms with E-state index in [9.17, 15) is 4.79 Å². The van der Waals surface area contributed by atoms with Crippen molar-refractivity contribution >= 4 is 21.9 Å². The molecule has 0 heterocycles. The van der Waals surface area contributed by atoms with E-state index >= 15 is 0 Å². The first-order chi connectivity index (χ1) is 7.62. The number of halogens is 1. The van der Waals surface area contributed by atoms with E-state index < -0.39 is 11.5 Å². The van der Waals surface area contributed by atoms with Crippen LogP contribution in [0.15, 0.2) is 28.7 Å². The Kier molecular flexibility index (Phi) is 3.30. The van der Waals surface area contributed by atoms with Crippen LogP contribution in [0, 0.1) is 0 Å². The Bertz CT molecular complexity index is 402. The maximum atomic E-state index is 11.1. The minimum absolute atomic E-state index is 0.603. The third kappa shape index (κ3) is 2.28. The smallest absolute Gasteiger partial charge is 0.323 e. The highest BCUT2D eigenvalue weighted by atomic mass is 79.9. The number of benzene rings is 1. The van der Waals surface area contributed by atoms with Crippen LogP contribution in [0.2, 0.25) is 0 Å². The Morgan fingerprint density at radius 3 is 2.75 bits per heavy atom. The summed E-state index contributed by atoms with van der Waals surface area (Å²) >= 11 is 3.40. The summed E-state index contributed by atoms with van der Waals surface area (Å²) in [6.45, 7) is 0.603. The van der Waals surface area contributed by atoms with Crippen molar-refractivity contribution in [3.05, 3.63) is 34.3 Å². The minimum atomic E-state index is -0.728. The van der Waals surface area contributed by atoms with Crippen LogP contribution in [-0.2, 0) is 11.3 Å². The van der Waals surface area contributed by atoms with E-state index in [2.05, 4.69) is 21.2 Å². The van der Waals surface area contributed by atoms with Gasteiger partial charge in [0.05, 0.1) is 0 Å². The van der Waals surface area contributed by atoms with Crippen molar-refractivity contribution in [1.29, 1.82) is 0 Å². The molecule has 0 saturated heterocycles. The highest BCUT2D eigenvalue weighted by molar-refractivity contribution is 9.10. The van der Waals surface area contributed by atoms with Gasteiger partial charge in [0.2, 0.25) is 0 Å². The first-order valence-corrected chi connectivity index (χ1v) is 6.15. The highest BCUT2D eigenvalue weighted by Crippen LogP contribution is 2.32. The fourth-order valence-corrected chi connectivity index (χ4v) is 2.36. The standard InChI is InChI=1S/C12H14BrNO2/c13-10-4-1-3-9(7-10)8-14-12(11(15)16)5-2-6-12/h1,3-4,7,14H,2,5-6,8H2,(H,15,16). The van der Waals surface area contributed by atoms with Crippen LogP contribution in [0.25, 0.3) is 0 Å². The molecule has 1 saturated carbocycles. The summed E-state index contributed by atoms with van der Waals surface area (Å²) in [5.41, 5.74) is 0.421.